The van der Waals surface area contributed by atoms with E-state index in [-0.39, 0.29) is 16.5 Å². The number of anilines is 1. The standard InChI is InChI=1S/C16H17N5O3S/c1-11-4-5-14(13(8-11)24-3)25(22,23)20-15-9-16(19-10-18-15)21-7-6-17-12(21)2/h4-10H,1-3H3,(H,18,19,20). The van der Waals surface area contributed by atoms with Crippen LogP contribution in [0.15, 0.2) is 47.9 Å². The number of hydrogen-bond acceptors (Lipinski definition) is 6. The number of rotatable bonds is 5. The predicted molar refractivity (Wildman–Crippen MR) is 92.4 cm³/mol. The van der Waals surface area contributed by atoms with Crippen molar-refractivity contribution in [1.29, 1.82) is 0 Å². The lowest BCUT2D eigenvalue weighted by Gasteiger charge is -2.12. The topological polar surface area (TPSA) is 99.0 Å². The average molecular weight is 359 g/mol. The zero-order valence-corrected chi connectivity index (χ0v) is 14.8. The molecule has 0 aliphatic rings. The third-order valence-electron chi connectivity index (χ3n) is 3.57. The summed E-state index contributed by atoms with van der Waals surface area (Å²) in [5, 5.41) is 0. The molecule has 130 valence electrons. The second-order valence-corrected chi connectivity index (χ2v) is 7.02. The minimum atomic E-state index is -3.86. The molecule has 0 bridgehead atoms. The van der Waals surface area contributed by atoms with E-state index in [0.717, 1.165) is 11.4 Å². The van der Waals surface area contributed by atoms with E-state index in [1.807, 2.05) is 13.8 Å². The van der Waals surface area contributed by atoms with Gasteiger partial charge in [-0.25, -0.2) is 23.4 Å². The normalized spacial score (nSPS) is 11.3. The summed E-state index contributed by atoms with van der Waals surface area (Å²) in [7, 11) is -2.43. The highest BCUT2D eigenvalue weighted by Crippen LogP contribution is 2.26. The van der Waals surface area contributed by atoms with Gasteiger partial charge in [0.05, 0.1) is 7.11 Å². The van der Waals surface area contributed by atoms with E-state index < -0.39 is 10.0 Å². The average Bonchev–Trinajstić information content (AvgIpc) is 3.00. The monoisotopic (exact) mass is 359 g/mol. The molecule has 0 aliphatic heterocycles. The van der Waals surface area contributed by atoms with Gasteiger partial charge in [-0.2, -0.15) is 0 Å². The summed E-state index contributed by atoms with van der Waals surface area (Å²) in [6.07, 6.45) is 4.66. The van der Waals surface area contributed by atoms with Crippen LogP contribution in [0.2, 0.25) is 0 Å². The largest absolute Gasteiger partial charge is 0.495 e. The molecule has 1 aromatic carbocycles. The highest BCUT2D eigenvalue weighted by atomic mass is 32.2. The minimum Gasteiger partial charge on any atom is -0.495 e. The van der Waals surface area contributed by atoms with Gasteiger partial charge in [0.25, 0.3) is 10.0 Å². The molecular weight excluding hydrogens is 342 g/mol. The van der Waals surface area contributed by atoms with E-state index in [1.165, 1.54) is 25.6 Å². The van der Waals surface area contributed by atoms with Crippen molar-refractivity contribution >= 4 is 15.8 Å². The summed E-state index contributed by atoms with van der Waals surface area (Å²) in [5.41, 5.74) is 0.899. The van der Waals surface area contributed by atoms with E-state index >= 15 is 0 Å². The lowest BCUT2D eigenvalue weighted by molar-refractivity contribution is 0.402. The van der Waals surface area contributed by atoms with Crippen molar-refractivity contribution < 1.29 is 13.2 Å². The number of nitrogens with one attached hydrogen (secondary N) is 1. The quantitative estimate of drug-likeness (QED) is 0.749. The second-order valence-electron chi connectivity index (χ2n) is 5.37. The van der Waals surface area contributed by atoms with Crippen LogP contribution >= 0.6 is 0 Å². The Bertz CT molecular complexity index is 1010. The van der Waals surface area contributed by atoms with Crippen molar-refractivity contribution in [3.63, 3.8) is 0 Å². The summed E-state index contributed by atoms with van der Waals surface area (Å²) < 4.78 is 34.7. The molecule has 0 amide bonds. The van der Waals surface area contributed by atoms with Crippen molar-refractivity contribution in [2.24, 2.45) is 0 Å². The molecule has 3 rings (SSSR count). The molecule has 0 fully saturated rings. The molecular formula is C16H17N5O3S. The predicted octanol–water partition coefficient (Wildman–Crippen LogP) is 2.09. The lowest BCUT2D eigenvalue weighted by atomic mass is 10.2. The molecule has 0 saturated carbocycles. The molecule has 0 unspecified atom stereocenters. The number of ether oxygens (including phenoxy) is 1. The molecule has 0 aliphatic carbocycles. The van der Waals surface area contributed by atoms with Gasteiger partial charge in [0, 0.05) is 18.5 Å². The van der Waals surface area contributed by atoms with E-state index in [2.05, 4.69) is 19.7 Å². The van der Waals surface area contributed by atoms with E-state index in [4.69, 9.17) is 4.74 Å². The number of benzene rings is 1. The number of aromatic nitrogens is 4. The van der Waals surface area contributed by atoms with Crippen LogP contribution in [0.1, 0.15) is 11.4 Å². The first-order valence-electron chi connectivity index (χ1n) is 7.40. The van der Waals surface area contributed by atoms with Crippen molar-refractivity contribution in [2.75, 3.05) is 11.8 Å². The first-order chi connectivity index (χ1) is 11.9. The fraction of sp³-hybridized carbons (Fsp3) is 0.188. The van der Waals surface area contributed by atoms with Crippen LogP contribution < -0.4 is 9.46 Å². The van der Waals surface area contributed by atoms with Gasteiger partial charge in [-0.3, -0.25) is 9.29 Å². The first kappa shape index (κ1) is 16.9. The van der Waals surface area contributed by atoms with Crippen LogP contribution in [0.5, 0.6) is 5.75 Å². The summed E-state index contributed by atoms with van der Waals surface area (Å²) in [4.78, 5) is 12.3. The van der Waals surface area contributed by atoms with Crippen molar-refractivity contribution in [2.45, 2.75) is 18.7 Å². The number of sulfonamides is 1. The number of aryl methyl sites for hydroxylation is 2. The zero-order valence-electron chi connectivity index (χ0n) is 14.0. The molecule has 0 spiro atoms. The first-order valence-corrected chi connectivity index (χ1v) is 8.89. The maximum Gasteiger partial charge on any atom is 0.266 e. The minimum absolute atomic E-state index is 0.0413. The number of hydrogen-bond donors (Lipinski definition) is 1. The summed E-state index contributed by atoms with van der Waals surface area (Å²) >= 11 is 0. The Morgan fingerprint density at radius 2 is 1.92 bits per heavy atom. The fourth-order valence-electron chi connectivity index (χ4n) is 2.34. The van der Waals surface area contributed by atoms with Gasteiger partial charge in [0.15, 0.2) is 0 Å². The third-order valence-corrected chi connectivity index (χ3v) is 4.97. The molecule has 2 heterocycles. The number of imidazole rings is 1. The van der Waals surface area contributed by atoms with Crippen molar-refractivity contribution in [3.8, 4) is 11.6 Å². The molecule has 0 saturated heterocycles. The Kier molecular flexibility index (Phi) is 4.41. The molecule has 0 radical (unpaired) electrons. The molecule has 1 N–H and O–H groups in total. The van der Waals surface area contributed by atoms with Crippen LogP contribution in [0.25, 0.3) is 5.82 Å². The van der Waals surface area contributed by atoms with Gasteiger partial charge < -0.3 is 4.74 Å². The molecule has 25 heavy (non-hydrogen) atoms. The van der Waals surface area contributed by atoms with Gasteiger partial charge in [-0.1, -0.05) is 6.07 Å². The number of methoxy groups -OCH3 is 1. The smallest absolute Gasteiger partial charge is 0.266 e. The van der Waals surface area contributed by atoms with Gasteiger partial charge in [-0.15, -0.1) is 0 Å². The van der Waals surface area contributed by atoms with E-state index in [1.54, 1.807) is 29.1 Å². The number of nitrogens with zero attached hydrogens (tertiary/aromatic N) is 4. The van der Waals surface area contributed by atoms with Gasteiger partial charge in [0.2, 0.25) is 0 Å². The summed E-state index contributed by atoms with van der Waals surface area (Å²) in [5.74, 6) is 1.67. The molecule has 3 aromatic rings. The summed E-state index contributed by atoms with van der Waals surface area (Å²) in [6.45, 7) is 3.68. The molecule has 0 atom stereocenters. The molecule has 2 aromatic heterocycles. The fourth-order valence-corrected chi connectivity index (χ4v) is 3.50. The summed E-state index contributed by atoms with van der Waals surface area (Å²) in [6, 6.07) is 6.40. The zero-order chi connectivity index (χ0) is 18.0. The maximum atomic E-state index is 12.7. The molecule has 8 nitrogen and oxygen atoms in total. The molecule has 9 heteroatoms. The lowest BCUT2D eigenvalue weighted by Crippen LogP contribution is -2.15. The highest BCUT2D eigenvalue weighted by molar-refractivity contribution is 7.92. The Balaban J connectivity index is 1.96. The van der Waals surface area contributed by atoms with Crippen LogP contribution in [-0.4, -0.2) is 35.0 Å². The van der Waals surface area contributed by atoms with Crippen LogP contribution in [0.4, 0.5) is 5.82 Å². The van der Waals surface area contributed by atoms with Gasteiger partial charge in [-0.05, 0) is 31.5 Å². The second kappa shape index (κ2) is 6.52. The maximum absolute atomic E-state index is 12.7. The Hall–Kier alpha value is -2.94. The van der Waals surface area contributed by atoms with E-state index in [9.17, 15) is 8.42 Å². The highest BCUT2D eigenvalue weighted by Gasteiger charge is 2.20. The Morgan fingerprint density at radius 1 is 1.12 bits per heavy atom. The van der Waals surface area contributed by atoms with E-state index in [0.29, 0.717) is 5.82 Å². The Labute approximate surface area is 145 Å². The van der Waals surface area contributed by atoms with Gasteiger partial charge in [0.1, 0.15) is 34.4 Å². The SMILES string of the molecule is COc1cc(C)ccc1S(=O)(=O)Nc1cc(-n2ccnc2C)ncn1. The van der Waals surface area contributed by atoms with Crippen molar-refractivity contribution in [1.82, 2.24) is 19.5 Å². The van der Waals surface area contributed by atoms with Crippen LogP contribution in [-0.2, 0) is 10.0 Å². The van der Waals surface area contributed by atoms with Crippen LogP contribution in [0.3, 0.4) is 0 Å². The third kappa shape index (κ3) is 3.45. The van der Waals surface area contributed by atoms with Crippen LogP contribution in [0, 0.1) is 13.8 Å². The Morgan fingerprint density at radius 3 is 2.60 bits per heavy atom. The van der Waals surface area contributed by atoms with Crippen molar-refractivity contribution in [3.05, 3.63) is 54.4 Å². The van der Waals surface area contributed by atoms with Gasteiger partial charge >= 0.3 is 0 Å².